The number of nitrogens with zero attached hydrogens (tertiary/aromatic N) is 4. The number of furan rings is 2. The maximum absolute atomic E-state index is 6.43. The Kier molecular flexibility index (Phi) is 15.8. The SMILES string of the molecule is c1ccc(-c2ccc(-c3ccc(N(c4cccc(-c5ccc6c(c5)oc5ccccc56)c4)c4cccc(-n5c6ccccc6c6cc(-c7cccc(-c8ccc(-c9cccc(N(c%10cccc(-c%11ccc%12c(c%11)oc%11ccccc%11%12)c%10)c%10cccc(-n%11c%12ccccc%12c%12ccccc%12%11)c%10)c9)cc8)c7)ccc65)c4)cc3)cc2)cc1. The zero-order chi connectivity index (χ0) is 75.2. The second kappa shape index (κ2) is 27.4. The van der Waals surface area contributed by atoms with Gasteiger partial charge in [-0.15, -0.1) is 0 Å². The van der Waals surface area contributed by atoms with Gasteiger partial charge in [-0.2, -0.15) is 0 Å². The van der Waals surface area contributed by atoms with Gasteiger partial charge in [0, 0.05) is 88.6 Å². The lowest BCUT2D eigenvalue weighted by atomic mass is 9.96. The molecule has 0 saturated heterocycles. The van der Waals surface area contributed by atoms with Crippen LogP contribution in [-0.2, 0) is 0 Å². The molecule has 0 aliphatic heterocycles. The third kappa shape index (κ3) is 11.6. The molecule has 4 heterocycles. The topological polar surface area (TPSA) is 42.6 Å². The van der Waals surface area contributed by atoms with E-state index in [1.807, 2.05) is 24.3 Å². The predicted octanol–water partition coefficient (Wildman–Crippen LogP) is 30.3. The number of fused-ring (bicyclic) bond motifs is 12. The summed E-state index contributed by atoms with van der Waals surface area (Å²) in [5.74, 6) is 0. The second-order valence-corrected chi connectivity index (χ2v) is 29.6. The van der Waals surface area contributed by atoms with Gasteiger partial charge < -0.3 is 27.8 Å². The van der Waals surface area contributed by atoms with E-state index in [9.17, 15) is 0 Å². The summed E-state index contributed by atoms with van der Waals surface area (Å²) >= 11 is 0. The molecule has 18 aromatic carbocycles. The van der Waals surface area contributed by atoms with E-state index < -0.39 is 0 Å². The van der Waals surface area contributed by atoms with Crippen molar-refractivity contribution in [2.75, 3.05) is 9.80 Å². The molecular weight excluding hydrogens is 1390 g/mol. The van der Waals surface area contributed by atoms with Gasteiger partial charge >= 0.3 is 0 Å². The maximum atomic E-state index is 6.43. The number of hydrogen-bond acceptors (Lipinski definition) is 4. The largest absolute Gasteiger partial charge is 0.456 e. The molecule has 4 aromatic heterocycles. The fraction of sp³-hybridized carbons (Fsp3) is 0. The number of aromatic nitrogens is 2. The van der Waals surface area contributed by atoms with E-state index in [2.05, 4.69) is 419 Å². The van der Waals surface area contributed by atoms with E-state index in [-0.39, 0.29) is 0 Å². The molecule has 0 aliphatic rings. The monoisotopic (exact) mass is 1450 g/mol. The Morgan fingerprint density at radius 3 is 0.904 bits per heavy atom. The Balaban J connectivity index is 0.585. The first-order valence-electron chi connectivity index (χ1n) is 38.9. The van der Waals surface area contributed by atoms with Gasteiger partial charge in [0.05, 0.1) is 22.1 Å². The molecule has 0 amide bonds. The van der Waals surface area contributed by atoms with E-state index in [0.717, 1.165) is 167 Å². The van der Waals surface area contributed by atoms with Crippen LogP contribution in [0.15, 0.2) is 433 Å². The summed E-state index contributed by atoms with van der Waals surface area (Å²) in [5.41, 5.74) is 32.4. The van der Waals surface area contributed by atoms with Crippen molar-refractivity contribution in [3.63, 3.8) is 0 Å². The van der Waals surface area contributed by atoms with Crippen LogP contribution in [0.3, 0.4) is 0 Å². The molecular formula is C108H70N4O2. The summed E-state index contributed by atoms with van der Waals surface area (Å²) in [7, 11) is 0. The predicted molar refractivity (Wildman–Crippen MR) is 477 cm³/mol. The molecule has 0 atom stereocenters. The van der Waals surface area contributed by atoms with Gasteiger partial charge in [0.1, 0.15) is 22.3 Å². The number of anilines is 6. The fourth-order valence-corrected chi connectivity index (χ4v) is 17.4. The summed E-state index contributed by atoms with van der Waals surface area (Å²) in [6.45, 7) is 0. The van der Waals surface area contributed by atoms with Crippen molar-refractivity contribution in [3.8, 4) is 89.3 Å². The van der Waals surface area contributed by atoms with Crippen LogP contribution in [0.4, 0.5) is 34.1 Å². The molecule has 0 spiro atoms. The average molecular weight is 1460 g/mol. The average Bonchev–Trinajstić information content (AvgIpc) is 1.62. The van der Waals surface area contributed by atoms with Crippen LogP contribution in [0.1, 0.15) is 0 Å². The van der Waals surface area contributed by atoms with Crippen molar-refractivity contribution in [2.24, 2.45) is 0 Å². The second-order valence-electron chi connectivity index (χ2n) is 29.6. The minimum absolute atomic E-state index is 0.872. The van der Waals surface area contributed by atoms with Gasteiger partial charge in [0.15, 0.2) is 0 Å². The molecule has 0 aliphatic carbocycles. The smallest absolute Gasteiger partial charge is 0.136 e. The van der Waals surface area contributed by atoms with Crippen LogP contribution >= 0.6 is 0 Å². The van der Waals surface area contributed by atoms with Crippen LogP contribution < -0.4 is 9.80 Å². The molecule has 0 radical (unpaired) electrons. The molecule has 0 unspecified atom stereocenters. The highest BCUT2D eigenvalue weighted by atomic mass is 16.3. The van der Waals surface area contributed by atoms with Crippen LogP contribution in [0.5, 0.6) is 0 Å². The minimum atomic E-state index is 0.872. The molecule has 534 valence electrons. The Morgan fingerprint density at radius 1 is 0.149 bits per heavy atom. The number of para-hydroxylation sites is 5. The fourth-order valence-electron chi connectivity index (χ4n) is 17.4. The lowest BCUT2D eigenvalue weighted by molar-refractivity contribution is 0.668. The first-order chi connectivity index (χ1) is 56.5. The normalized spacial score (nSPS) is 11.7. The van der Waals surface area contributed by atoms with E-state index in [1.165, 1.54) is 43.7 Å². The molecule has 114 heavy (non-hydrogen) atoms. The summed E-state index contributed by atoms with van der Waals surface area (Å²) in [6.07, 6.45) is 0. The number of benzene rings is 18. The lowest BCUT2D eigenvalue weighted by Gasteiger charge is -2.27. The van der Waals surface area contributed by atoms with Crippen molar-refractivity contribution in [1.82, 2.24) is 9.13 Å². The van der Waals surface area contributed by atoms with Crippen LogP contribution in [0.25, 0.3) is 177 Å². The quantitative estimate of drug-likeness (QED) is 0.103. The van der Waals surface area contributed by atoms with Gasteiger partial charge in [-0.3, -0.25) is 0 Å². The summed E-state index contributed by atoms with van der Waals surface area (Å²) in [6, 6.07) is 154. The minimum Gasteiger partial charge on any atom is -0.456 e. The molecule has 0 bridgehead atoms. The third-order valence-corrected chi connectivity index (χ3v) is 22.9. The zero-order valence-corrected chi connectivity index (χ0v) is 62.0. The maximum Gasteiger partial charge on any atom is 0.136 e. The summed E-state index contributed by atoms with van der Waals surface area (Å²) < 4.78 is 17.7. The zero-order valence-electron chi connectivity index (χ0n) is 62.0. The summed E-state index contributed by atoms with van der Waals surface area (Å²) in [5, 5.41) is 9.30. The van der Waals surface area contributed by atoms with Crippen molar-refractivity contribution >= 4 is 122 Å². The van der Waals surface area contributed by atoms with Crippen LogP contribution in [-0.4, -0.2) is 9.13 Å². The van der Waals surface area contributed by atoms with Crippen LogP contribution in [0, 0.1) is 0 Å². The van der Waals surface area contributed by atoms with Gasteiger partial charge in [0.25, 0.3) is 0 Å². The molecule has 22 rings (SSSR count). The van der Waals surface area contributed by atoms with Crippen molar-refractivity contribution < 1.29 is 8.83 Å². The molecule has 0 N–H and O–H groups in total. The van der Waals surface area contributed by atoms with Gasteiger partial charge in [-0.05, 0) is 236 Å². The number of rotatable bonds is 15. The van der Waals surface area contributed by atoms with Crippen molar-refractivity contribution in [2.45, 2.75) is 0 Å². The molecule has 6 heteroatoms. The first kappa shape index (κ1) is 65.8. The van der Waals surface area contributed by atoms with Gasteiger partial charge in [0.2, 0.25) is 0 Å². The third-order valence-electron chi connectivity index (χ3n) is 22.9. The summed E-state index contributed by atoms with van der Waals surface area (Å²) in [4.78, 5) is 4.78. The highest BCUT2D eigenvalue weighted by Gasteiger charge is 2.23. The molecule has 0 saturated carbocycles. The molecule has 0 fully saturated rings. The van der Waals surface area contributed by atoms with E-state index >= 15 is 0 Å². The van der Waals surface area contributed by atoms with Crippen molar-refractivity contribution in [1.29, 1.82) is 0 Å². The Morgan fingerprint density at radius 2 is 0.430 bits per heavy atom. The highest BCUT2D eigenvalue weighted by Crippen LogP contribution is 2.46. The van der Waals surface area contributed by atoms with Crippen LogP contribution in [0.2, 0.25) is 0 Å². The van der Waals surface area contributed by atoms with Gasteiger partial charge in [-0.1, -0.05) is 267 Å². The van der Waals surface area contributed by atoms with E-state index in [4.69, 9.17) is 8.83 Å². The number of hydrogen-bond donors (Lipinski definition) is 0. The Hall–Kier alpha value is -15.2. The van der Waals surface area contributed by atoms with E-state index in [0.29, 0.717) is 0 Å². The Bertz CT molecular complexity index is 7430. The molecule has 22 aromatic rings. The Labute approximate surface area is 659 Å². The highest BCUT2D eigenvalue weighted by molar-refractivity contribution is 6.12. The molecule has 6 nitrogen and oxygen atoms in total. The standard InChI is InChI=1S/C108H70N4O2/c1-2-20-71(21-3-1)72-44-46-73(47-45-72)74-52-57-85(58-53-74)109(86-27-16-25-80(64-86)83-54-59-98-96-37-7-12-42-105(96)113-107(98)67-83)89-30-18-33-92(69-89)112-103-41-11-6-36-95(103)100-66-82(56-61-104(100)112)78-23-14-22-77(62-78)75-48-50-76(51-49-75)79-24-15-28-87(63-79)110(88-29-17-26-81(65-88)84-55-60-99-97-38-8-13-43-106(97)114-108(99)68-84)90-31-19-32-91(70-90)111-101-39-9-4-34-93(101)94-35-5-10-40-102(94)111/h1-70H. The van der Waals surface area contributed by atoms with Gasteiger partial charge in [-0.25, -0.2) is 0 Å². The van der Waals surface area contributed by atoms with Crippen molar-refractivity contribution in [3.05, 3.63) is 425 Å². The van der Waals surface area contributed by atoms with E-state index in [1.54, 1.807) is 0 Å². The first-order valence-corrected chi connectivity index (χ1v) is 38.9. The lowest BCUT2D eigenvalue weighted by Crippen LogP contribution is -2.11.